The quantitative estimate of drug-likeness (QED) is 0.345. The fourth-order valence-electron chi connectivity index (χ4n) is 3.52. The van der Waals surface area contributed by atoms with Crippen LogP contribution in [0.4, 0.5) is 5.82 Å². The third-order valence-electron chi connectivity index (χ3n) is 5.02. The van der Waals surface area contributed by atoms with Crippen LogP contribution in [0, 0.1) is 0 Å². The van der Waals surface area contributed by atoms with Gasteiger partial charge in [0.15, 0.2) is 11.0 Å². The van der Waals surface area contributed by atoms with Crippen molar-refractivity contribution in [2.24, 2.45) is 0 Å². The zero-order valence-electron chi connectivity index (χ0n) is 16.5. The SMILES string of the molecule is CSc1ncc2cc(CCOC(=O)c3ccccc3)nc(N3CCCCC3)c2n1. The molecule has 0 amide bonds. The van der Waals surface area contributed by atoms with Crippen LogP contribution in [0.2, 0.25) is 0 Å². The van der Waals surface area contributed by atoms with Crippen LogP contribution in [-0.4, -0.2) is 46.9 Å². The summed E-state index contributed by atoms with van der Waals surface area (Å²) in [6, 6.07) is 11.0. The summed E-state index contributed by atoms with van der Waals surface area (Å²) in [5, 5.41) is 1.73. The normalized spacial score (nSPS) is 14.2. The Morgan fingerprint density at radius 2 is 1.93 bits per heavy atom. The molecule has 0 saturated carbocycles. The molecule has 3 aromatic rings. The van der Waals surface area contributed by atoms with Crippen molar-refractivity contribution in [1.29, 1.82) is 0 Å². The smallest absolute Gasteiger partial charge is 0.338 e. The number of thioether (sulfide) groups is 1. The molecule has 1 fully saturated rings. The van der Waals surface area contributed by atoms with E-state index in [1.165, 1.54) is 31.0 Å². The van der Waals surface area contributed by atoms with E-state index in [1.54, 1.807) is 12.1 Å². The first-order chi connectivity index (χ1) is 14.2. The lowest BCUT2D eigenvalue weighted by Crippen LogP contribution is -2.30. The molecule has 0 unspecified atom stereocenters. The molecule has 1 saturated heterocycles. The first-order valence-electron chi connectivity index (χ1n) is 9.92. The molecular weight excluding hydrogens is 384 g/mol. The number of fused-ring (bicyclic) bond motifs is 1. The maximum atomic E-state index is 12.2. The Kier molecular flexibility index (Phi) is 6.24. The minimum Gasteiger partial charge on any atom is -0.462 e. The van der Waals surface area contributed by atoms with Crippen LogP contribution in [-0.2, 0) is 11.2 Å². The molecule has 0 bridgehead atoms. The van der Waals surface area contributed by atoms with Crippen molar-refractivity contribution in [2.75, 3.05) is 30.9 Å². The van der Waals surface area contributed by atoms with E-state index >= 15 is 0 Å². The lowest BCUT2D eigenvalue weighted by Gasteiger charge is -2.28. The summed E-state index contributed by atoms with van der Waals surface area (Å²) in [6.45, 7) is 2.27. The zero-order chi connectivity index (χ0) is 20.1. The summed E-state index contributed by atoms with van der Waals surface area (Å²) in [7, 11) is 0. The third kappa shape index (κ3) is 4.67. The predicted molar refractivity (Wildman–Crippen MR) is 116 cm³/mol. The van der Waals surface area contributed by atoms with E-state index in [0.717, 1.165) is 40.7 Å². The second-order valence-corrected chi connectivity index (χ2v) is 7.80. The lowest BCUT2D eigenvalue weighted by atomic mass is 10.1. The number of anilines is 1. The second kappa shape index (κ2) is 9.22. The molecule has 1 aromatic carbocycles. The van der Waals surface area contributed by atoms with Crippen LogP contribution in [0.1, 0.15) is 35.3 Å². The maximum absolute atomic E-state index is 12.2. The first kappa shape index (κ1) is 19.6. The Bertz CT molecular complexity index is 991. The van der Waals surface area contributed by atoms with Gasteiger partial charge in [-0.3, -0.25) is 0 Å². The minimum absolute atomic E-state index is 0.287. The number of esters is 1. The summed E-state index contributed by atoms with van der Waals surface area (Å²) in [5.41, 5.74) is 2.35. The highest BCUT2D eigenvalue weighted by Crippen LogP contribution is 2.28. The van der Waals surface area contributed by atoms with Crippen LogP contribution in [0.25, 0.3) is 10.9 Å². The molecule has 3 heterocycles. The van der Waals surface area contributed by atoms with Gasteiger partial charge in [-0.05, 0) is 43.7 Å². The molecule has 0 radical (unpaired) electrons. The third-order valence-corrected chi connectivity index (χ3v) is 5.58. The Morgan fingerprint density at radius 3 is 2.69 bits per heavy atom. The van der Waals surface area contributed by atoms with Crippen molar-refractivity contribution in [1.82, 2.24) is 15.0 Å². The molecule has 2 aromatic heterocycles. The van der Waals surface area contributed by atoms with Crippen LogP contribution < -0.4 is 4.90 Å². The Hall–Kier alpha value is -2.67. The van der Waals surface area contributed by atoms with Gasteiger partial charge in [0.25, 0.3) is 0 Å². The number of hydrogen-bond donors (Lipinski definition) is 0. The van der Waals surface area contributed by atoms with E-state index in [0.29, 0.717) is 12.0 Å². The standard InChI is InChI=1S/C22H24N4O2S/c1-29-22-23-15-17-14-18(10-13-28-21(27)16-8-4-2-5-9-16)24-20(19(17)25-22)26-11-6-3-7-12-26/h2,4-5,8-9,14-15H,3,6-7,10-13H2,1H3. The fourth-order valence-corrected chi connectivity index (χ4v) is 3.86. The molecule has 29 heavy (non-hydrogen) atoms. The molecule has 0 aliphatic carbocycles. The van der Waals surface area contributed by atoms with E-state index in [2.05, 4.69) is 9.88 Å². The fraction of sp³-hybridized carbons (Fsp3) is 0.364. The molecular formula is C22H24N4O2S. The van der Waals surface area contributed by atoms with Crippen molar-refractivity contribution in [3.05, 3.63) is 53.9 Å². The zero-order valence-corrected chi connectivity index (χ0v) is 17.3. The molecule has 1 aliphatic heterocycles. The van der Waals surface area contributed by atoms with Gasteiger partial charge in [-0.1, -0.05) is 30.0 Å². The monoisotopic (exact) mass is 408 g/mol. The van der Waals surface area contributed by atoms with E-state index in [-0.39, 0.29) is 12.6 Å². The Labute approximate surface area is 174 Å². The van der Waals surface area contributed by atoms with Gasteiger partial charge in [-0.2, -0.15) is 0 Å². The molecule has 0 spiro atoms. The van der Waals surface area contributed by atoms with Gasteiger partial charge in [-0.15, -0.1) is 0 Å². The van der Waals surface area contributed by atoms with Gasteiger partial charge < -0.3 is 9.64 Å². The van der Waals surface area contributed by atoms with Crippen molar-refractivity contribution in [3.8, 4) is 0 Å². The molecule has 4 rings (SSSR count). The second-order valence-electron chi connectivity index (χ2n) is 7.03. The molecule has 0 N–H and O–H groups in total. The van der Waals surface area contributed by atoms with Crippen LogP contribution >= 0.6 is 11.8 Å². The number of ether oxygens (including phenoxy) is 1. The van der Waals surface area contributed by atoms with Gasteiger partial charge >= 0.3 is 5.97 Å². The summed E-state index contributed by atoms with van der Waals surface area (Å²) in [6.07, 6.45) is 7.99. The lowest BCUT2D eigenvalue weighted by molar-refractivity contribution is 0.0508. The van der Waals surface area contributed by atoms with Crippen molar-refractivity contribution in [3.63, 3.8) is 0 Å². The van der Waals surface area contributed by atoms with E-state index < -0.39 is 0 Å². The van der Waals surface area contributed by atoms with Crippen LogP contribution in [0.3, 0.4) is 0 Å². The van der Waals surface area contributed by atoms with E-state index in [9.17, 15) is 4.79 Å². The number of rotatable bonds is 6. The van der Waals surface area contributed by atoms with Crippen LogP contribution in [0.5, 0.6) is 0 Å². The van der Waals surface area contributed by atoms with Gasteiger partial charge in [0, 0.05) is 36.8 Å². The number of aromatic nitrogens is 3. The number of carbonyl (C=O) groups excluding carboxylic acids is 1. The van der Waals surface area contributed by atoms with Gasteiger partial charge in [0.1, 0.15) is 5.52 Å². The van der Waals surface area contributed by atoms with Crippen molar-refractivity contribution < 1.29 is 9.53 Å². The highest BCUT2D eigenvalue weighted by atomic mass is 32.2. The van der Waals surface area contributed by atoms with E-state index in [4.69, 9.17) is 14.7 Å². The van der Waals surface area contributed by atoms with Crippen LogP contribution in [0.15, 0.2) is 47.8 Å². The average Bonchev–Trinajstić information content (AvgIpc) is 2.79. The molecule has 150 valence electrons. The summed E-state index contributed by atoms with van der Waals surface area (Å²) in [5.74, 6) is 0.611. The van der Waals surface area contributed by atoms with Gasteiger partial charge in [0.2, 0.25) is 0 Å². The number of nitrogens with zero attached hydrogens (tertiary/aromatic N) is 4. The average molecular weight is 409 g/mol. The van der Waals surface area contributed by atoms with Crippen molar-refractivity contribution >= 4 is 34.5 Å². The van der Waals surface area contributed by atoms with Crippen molar-refractivity contribution in [2.45, 2.75) is 30.8 Å². The summed E-state index contributed by atoms with van der Waals surface area (Å²) < 4.78 is 5.44. The Morgan fingerprint density at radius 1 is 1.14 bits per heavy atom. The van der Waals surface area contributed by atoms with E-state index in [1.807, 2.05) is 36.7 Å². The number of carbonyl (C=O) groups is 1. The highest BCUT2D eigenvalue weighted by molar-refractivity contribution is 7.98. The maximum Gasteiger partial charge on any atom is 0.338 e. The predicted octanol–water partition coefficient (Wildman–Crippen LogP) is 4.14. The summed E-state index contributed by atoms with van der Waals surface area (Å²) in [4.78, 5) is 28.5. The highest BCUT2D eigenvalue weighted by Gasteiger charge is 2.18. The molecule has 7 heteroatoms. The largest absolute Gasteiger partial charge is 0.462 e. The molecule has 6 nitrogen and oxygen atoms in total. The topological polar surface area (TPSA) is 68.2 Å². The number of piperidine rings is 1. The number of benzene rings is 1. The first-order valence-corrected chi connectivity index (χ1v) is 11.1. The van der Waals surface area contributed by atoms with Gasteiger partial charge in [0.05, 0.1) is 12.2 Å². The summed E-state index contributed by atoms with van der Waals surface area (Å²) >= 11 is 1.53. The minimum atomic E-state index is -0.310. The molecule has 0 atom stereocenters. The number of pyridine rings is 1. The Balaban J connectivity index is 1.55. The molecule has 1 aliphatic rings. The number of hydrogen-bond acceptors (Lipinski definition) is 7. The van der Waals surface area contributed by atoms with Gasteiger partial charge in [-0.25, -0.2) is 19.7 Å².